The van der Waals surface area contributed by atoms with Crippen LogP contribution in [0, 0.1) is 0 Å². The van der Waals surface area contributed by atoms with Crippen molar-refractivity contribution in [3.05, 3.63) is 29.3 Å². The summed E-state index contributed by atoms with van der Waals surface area (Å²) in [5.41, 5.74) is 1.17. The monoisotopic (exact) mass is 289 g/mol. The lowest BCUT2D eigenvalue weighted by Crippen LogP contribution is -2.37. The summed E-state index contributed by atoms with van der Waals surface area (Å²) in [6.45, 7) is -0.104. The van der Waals surface area contributed by atoms with Gasteiger partial charge in [0.05, 0.1) is 7.11 Å². The molecule has 7 heteroatoms. The molecule has 1 aromatic rings. The first-order valence-corrected chi connectivity index (χ1v) is 5.85. The first-order chi connectivity index (χ1) is 9.38. The Bertz CT molecular complexity index is 486. The zero-order valence-corrected chi connectivity index (χ0v) is 10.8. The van der Waals surface area contributed by atoms with Gasteiger partial charge in [0.2, 0.25) is 0 Å². The van der Waals surface area contributed by atoms with E-state index >= 15 is 0 Å². The van der Waals surface area contributed by atoms with Crippen LogP contribution in [0.4, 0.5) is 13.2 Å². The molecule has 1 rings (SSSR count). The number of halogens is 3. The highest BCUT2D eigenvalue weighted by atomic mass is 19.4. The predicted molar refractivity (Wildman–Crippen MR) is 65.8 cm³/mol. The molecule has 4 nitrogen and oxygen atoms in total. The second kappa shape index (κ2) is 6.93. The number of methoxy groups -OCH3 is 1. The average Bonchev–Trinajstić information content (AvgIpc) is 2.41. The molecule has 0 aliphatic carbocycles. The Kier molecular flexibility index (Phi) is 5.54. The zero-order chi connectivity index (χ0) is 15.2. The first kappa shape index (κ1) is 16.0. The number of aldehydes is 1. The maximum atomic E-state index is 11.9. The summed E-state index contributed by atoms with van der Waals surface area (Å²) in [5.74, 6) is -1.40. The summed E-state index contributed by atoms with van der Waals surface area (Å²) in [6, 6.07) is 4.81. The molecule has 0 fully saturated rings. The summed E-state index contributed by atoms with van der Waals surface area (Å²) in [7, 11) is 1.46. The van der Waals surface area contributed by atoms with Crippen LogP contribution in [0.5, 0.6) is 5.75 Å². The number of hydrogen-bond donors (Lipinski definition) is 1. The van der Waals surface area contributed by atoms with Crippen molar-refractivity contribution in [3.63, 3.8) is 0 Å². The van der Waals surface area contributed by atoms with E-state index in [0.29, 0.717) is 36.0 Å². The van der Waals surface area contributed by atoms with Crippen LogP contribution in [0.25, 0.3) is 0 Å². The number of amides is 1. The maximum absolute atomic E-state index is 11.9. The summed E-state index contributed by atoms with van der Waals surface area (Å²) in [5, 5.41) is 1.78. The van der Waals surface area contributed by atoms with Gasteiger partial charge in [-0.25, -0.2) is 0 Å². The molecule has 0 aliphatic rings. The van der Waals surface area contributed by atoms with Crippen molar-refractivity contribution in [1.82, 2.24) is 5.32 Å². The molecule has 0 heterocycles. The SMILES string of the molecule is COc1ccc(C=O)cc1CCCNC(=O)C(F)(F)F. The van der Waals surface area contributed by atoms with Crippen LogP contribution in [-0.4, -0.2) is 32.0 Å². The molecular formula is C13H14F3NO3. The molecule has 110 valence electrons. The third-order valence-corrected chi connectivity index (χ3v) is 2.61. The molecule has 0 aromatic heterocycles. The summed E-state index contributed by atoms with van der Waals surface area (Å²) >= 11 is 0. The number of ether oxygens (including phenoxy) is 1. The average molecular weight is 289 g/mol. The van der Waals surface area contributed by atoms with Gasteiger partial charge in [-0.05, 0) is 36.6 Å². The lowest BCUT2D eigenvalue weighted by molar-refractivity contribution is -0.173. The Morgan fingerprint density at radius 3 is 2.65 bits per heavy atom. The molecule has 0 saturated heterocycles. The van der Waals surface area contributed by atoms with E-state index in [1.165, 1.54) is 7.11 Å². The first-order valence-electron chi connectivity index (χ1n) is 5.85. The van der Waals surface area contributed by atoms with Gasteiger partial charge >= 0.3 is 12.1 Å². The quantitative estimate of drug-likeness (QED) is 0.644. The van der Waals surface area contributed by atoms with Gasteiger partial charge in [-0.1, -0.05) is 0 Å². The van der Waals surface area contributed by atoms with Crippen LogP contribution in [0.15, 0.2) is 18.2 Å². The third kappa shape index (κ3) is 4.56. The lowest BCUT2D eigenvalue weighted by atomic mass is 10.1. The largest absolute Gasteiger partial charge is 0.496 e. The normalized spacial score (nSPS) is 11.0. The van der Waals surface area contributed by atoms with E-state index < -0.39 is 12.1 Å². The summed E-state index contributed by atoms with van der Waals surface area (Å²) in [4.78, 5) is 21.3. The molecular weight excluding hydrogens is 275 g/mol. The van der Waals surface area contributed by atoms with Gasteiger partial charge in [0.25, 0.3) is 0 Å². The Balaban J connectivity index is 2.53. The van der Waals surface area contributed by atoms with Crippen molar-refractivity contribution < 1.29 is 27.5 Å². The highest BCUT2D eigenvalue weighted by Crippen LogP contribution is 2.20. The van der Waals surface area contributed by atoms with Crippen LogP contribution in [0.2, 0.25) is 0 Å². The molecule has 0 aliphatic heterocycles. The molecule has 1 N–H and O–H groups in total. The van der Waals surface area contributed by atoms with Gasteiger partial charge in [-0.3, -0.25) is 9.59 Å². The van der Waals surface area contributed by atoms with Crippen molar-refractivity contribution in [3.8, 4) is 5.75 Å². The van der Waals surface area contributed by atoms with E-state index in [9.17, 15) is 22.8 Å². The van der Waals surface area contributed by atoms with Gasteiger partial charge in [-0.15, -0.1) is 0 Å². The van der Waals surface area contributed by atoms with Crippen molar-refractivity contribution in [2.45, 2.75) is 19.0 Å². The van der Waals surface area contributed by atoms with Gasteiger partial charge in [0.1, 0.15) is 12.0 Å². The Morgan fingerprint density at radius 2 is 2.10 bits per heavy atom. The smallest absolute Gasteiger partial charge is 0.471 e. The number of carbonyl (C=O) groups is 2. The number of carbonyl (C=O) groups excluding carboxylic acids is 2. The van der Waals surface area contributed by atoms with Crippen molar-refractivity contribution in [2.75, 3.05) is 13.7 Å². The van der Waals surface area contributed by atoms with Crippen LogP contribution in [-0.2, 0) is 11.2 Å². The van der Waals surface area contributed by atoms with Gasteiger partial charge in [-0.2, -0.15) is 13.2 Å². The molecule has 20 heavy (non-hydrogen) atoms. The minimum Gasteiger partial charge on any atom is -0.496 e. The van der Waals surface area contributed by atoms with Crippen molar-refractivity contribution in [1.29, 1.82) is 0 Å². The second-order valence-corrected chi connectivity index (χ2v) is 4.05. The number of rotatable bonds is 6. The van der Waals surface area contributed by atoms with E-state index in [2.05, 4.69) is 0 Å². The molecule has 0 unspecified atom stereocenters. The Labute approximate surface area is 113 Å². The highest BCUT2D eigenvalue weighted by Gasteiger charge is 2.38. The molecule has 0 radical (unpaired) electrons. The van der Waals surface area contributed by atoms with Crippen molar-refractivity contribution in [2.24, 2.45) is 0 Å². The van der Waals surface area contributed by atoms with E-state index in [1.807, 2.05) is 0 Å². The van der Waals surface area contributed by atoms with Gasteiger partial charge in [0.15, 0.2) is 0 Å². The fraction of sp³-hybridized carbons (Fsp3) is 0.385. The van der Waals surface area contributed by atoms with E-state index in [4.69, 9.17) is 4.74 Å². The minimum absolute atomic E-state index is 0.104. The minimum atomic E-state index is -4.87. The van der Waals surface area contributed by atoms with Gasteiger partial charge < -0.3 is 10.1 Å². The van der Waals surface area contributed by atoms with Crippen LogP contribution < -0.4 is 10.1 Å². The number of hydrogen-bond acceptors (Lipinski definition) is 3. The molecule has 0 spiro atoms. The van der Waals surface area contributed by atoms with Crippen LogP contribution in [0.1, 0.15) is 22.3 Å². The van der Waals surface area contributed by atoms with E-state index in [1.54, 1.807) is 23.5 Å². The van der Waals surface area contributed by atoms with Crippen molar-refractivity contribution >= 4 is 12.2 Å². The maximum Gasteiger partial charge on any atom is 0.471 e. The Morgan fingerprint density at radius 1 is 1.40 bits per heavy atom. The van der Waals surface area contributed by atoms with E-state index in [-0.39, 0.29) is 6.54 Å². The molecule has 0 atom stereocenters. The van der Waals surface area contributed by atoms with E-state index in [0.717, 1.165) is 0 Å². The summed E-state index contributed by atoms with van der Waals surface area (Å²) < 4.78 is 40.9. The fourth-order valence-electron chi connectivity index (χ4n) is 1.65. The van der Waals surface area contributed by atoms with Crippen LogP contribution in [0.3, 0.4) is 0 Å². The second-order valence-electron chi connectivity index (χ2n) is 4.05. The highest BCUT2D eigenvalue weighted by molar-refractivity contribution is 5.81. The number of aryl methyl sites for hydroxylation is 1. The fourth-order valence-corrected chi connectivity index (χ4v) is 1.65. The zero-order valence-electron chi connectivity index (χ0n) is 10.8. The predicted octanol–water partition coefficient (Wildman–Crippen LogP) is 2.12. The third-order valence-electron chi connectivity index (χ3n) is 2.61. The lowest BCUT2D eigenvalue weighted by Gasteiger charge is -2.10. The molecule has 1 amide bonds. The van der Waals surface area contributed by atoms with Crippen LogP contribution >= 0.6 is 0 Å². The molecule has 1 aromatic carbocycles. The number of benzene rings is 1. The Hall–Kier alpha value is -2.05. The standard InChI is InChI=1S/C13H14F3NO3/c1-20-11-5-4-9(8-18)7-10(11)3-2-6-17-12(19)13(14,15)16/h4-5,7-8H,2-3,6H2,1H3,(H,17,19). The molecule has 0 saturated carbocycles. The number of nitrogens with one attached hydrogen (secondary N) is 1. The van der Waals surface area contributed by atoms with Gasteiger partial charge in [0, 0.05) is 12.1 Å². The topological polar surface area (TPSA) is 55.4 Å². The summed E-state index contributed by atoms with van der Waals surface area (Å²) in [6.07, 6.45) is -3.49. The number of alkyl halides is 3. The molecule has 0 bridgehead atoms.